The number of carbonyl (C=O) groups is 1. The number of aryl methyl sites for hydroxylation is 1. The third kappa shape index (κ3) is 3.22. The van der Waals surface area contributed by atoms with Crippen LogP contribution in [0.5, 0.6) is 5.75 Å². The number of nitrogens with one attached hydrogen (secondary N) is 1. The first-order chi connectivity index (χ1) is 8.15. The summed E-state index contributed by atoms with van der Waals surface area (Å²) in [6.07, 6.45) is 5.38. The summed E-state index contributed by atoms with van der Waals surface area (Å²) in [6, 6.07) is 5.29. The Balaban J connectivity index is 1.93. The molecule has 0 aromatic heterocycles. The Morgan fingerprint density at radius 3 is 2.76 bits per heavy atom. The fourth-order valence-electron chi connectivity index (χ4n) is 2.43. The molecule has 1 amide bonds. The maximum Gasteiger partial charge on any atom is 0.224 e. The fourth-order valence-corrected chi connectivity index (χ4v) is 2.43. The van der Waals surface area contributed by atoms with Crippen molar-refractivity contribution in [3.63, 3.8) is 0 Å². The van der Waals surface area contributed by atoms with Crippen molar-refractivity contribution in [1.82, 2.24) is 0 Å². The van der Waals surface area contributed by atoms with E-state index in [9.17, 15) is 9.90 Å². The van der Waals surface area contributed by atoms with Crippen LogP contribution in [0.15, 0.2) is 18.2 Å². The summed E-state index contributed by atoms with van der Waals surface area (Å²) in [4.78, 5) is 11.8. The van der Waals surface area contributed by atoms with Crippen LogP contribution in [0, 0.1) is 12.8 Å². The highest BCUT2D eigenvalue weighted by atomic mass is 16.3. The van der Waals surface area contributed by atoms with Crippen LogP contribution in [0.1, 0.15) is 37.7 Å². The van der Waals surface area contributed by atoms with Crippen LogP contribution in [0.25, 0.3) is 0 Å². The van der Waals surface area contributed by atoms with Crippen molar-refractivity contribution in [3.05, 3.63) is 23.8 Å². The Labute approximate surface area is 102 Å². The van der Waals surface area contributed by atoms with Gasteiger partial charge < -0.3 is 10.4 Å². The minimum absolute atomic E-state index is 0.0102. The van der Waals surface area contributed by atoms with Gasteiger partial charge in [0.1, 0.15) is 5.75 Å². The standard InChI is InChI=1S/C14H19NO2/c1-10-6-7-12(13(16)8-10)15-14(17)9-11-4-2-3-5-11/h6-8,11,16H,2-5,9H2,1H3,(H,15,17). The molecule has 92 valence electrons. The molecule has 0 spiro atoms. The van der Waals surface area contributed by atoms with Gasteiger partial charge in [-0.15, -0.1) is 0 Å². The lowest BCUT2D eigenvalue weighted by molar-refractivity contribution is -0.117. The summed E-state index contributed by atoms with van der Waals surface area (Å²) in [7, 11) is 0. The third-order valence-electron chi connectivity index (χ3n) is 3.38. The Morgan fingerprint density at radius 1 is 1.41 bits per heavy atom. The Morgan fingerprint density at radius 2 is 2.12 bits per heavy atom. The van der Waals surface area contributed by atoms with Gasteiger partial charge in [0, 0.05) is 6.42 Å². The molecule has 3 heteroatoms. The topological polar surface area (TPSA) is 49.3 Å². The molecule has 1 aromatic rings. The molecular formula is C14H19NO2. The number of carbonyl (C=O) groups excluding carboxylic acids is 1. The summed E-state index contributed by atoms with van der Waals surface area (Å²) in [6.45, 7) is 1.91. The number of phenols is 1. The zero-order valence-electron chi connectivity index (χ0n) is 10.2. The molecule has 1 aromatic carbocycles. The van der Waals surface area contributed by atoms with E-state index in [2.05, 4.69) is 5.32 Å². The minimum Gasteiger partial charge on any atom is -0.506 e. The van der Waals surface area contributed by atoms with Crippen molar-refractivity contribution in [1.29, 1.82) is 0 Å². The average Bonchev–Trinajstić information content (AvgIpc) is 2.75. The van der Waals surface area contributed by atoms with Gasteiger partial charge in [-0.1, -0.05) is 18.9 Å². The second kappa shape index (κ2) is 5.21. The molecule has 1 saturated carbocycles. The van der Waals surface area contributed by atoms with Crippen LogP contribution in [0.3, 0.4) is 0 Å². The molecule has 2 N–H and O–H groups in total. The third-order valence-corrected chi connectivity index (χ3v) is 3.38. The van der Waals surface area contributed by atoms with Gasteiger partial charge >= 0.3 is 0 Å². The minimum atomic E-state index is 0.0102. The van der Waals surface area contributed by atoms with Crippen LogP contribution >= 0.6 is 0 Å². The van der Waals surface area contributed by atoms with Crippen molar-refractivity contribution in [2.75, 3.05) is 5.32 Å². The normalized spacial score (nSPS) is 16.1. The highest BCUT2D eigenvalue weighted by molar-refractivity contribution is 5.92. The molecule has 0 radical (unpaired) electrons. The number of hydrogen-bond acceptors (Lipinski definition) is 2. The van der Waals surface area contributed by atoms with E-state index >= 15 is 0 Å². The molecule has 2 rings (SSSR count). The molecule has 1 fully saturated rings. The van der Waals surface area contributed by atoms with Crippen molar-refractivity contribution >= 4 is 11.6 Å². The quantitative estimate of drug-likeness (QED) is 0.787. The zero-order chi connectivity index (χ0) is 12.3. The highest BCUT2D eigenvalue weighted by Crippen LogP contribution is 2.29. The van der Waals surface area contributed by atoms with Crippen molar-refractivity contribution in [3.8, 4) is 5.75 Å². The summed E-state index contributed by atoms with van der Waals surface area (Å²) < 4.78 is 0. The molecule has 0 bridgehead atoms. The molecule has 1 aliphatic rings. The molecule has 0 aliphatic heterocycles. The van der Waals surface area contributed by atoms with E-state index < -0.39 is 0 Å². The predicted octanol–water partition coefficient (Wildman–Crippen LogP) is 3.22. The van der Waals surface area contributed by atoms with Crippen molar-refractivity contribution in [2.24, 2.45) is 5.92 Å². The molecule has 0 atom stereocenters. The number of rotatable bonds is 3. The second-order valence-electron chi connectivity index (χ2n) is 4.92. The van der Waals surface area contributed by atoms with Gasteiger partial charge in [0.05, 0.1) is 5.69 Å². The number of aromatic hydroxyl groups is 1. The molecule has 1 aliphatic carbocycles. The molecule has 17 heavy (non-hydrogen) atoms. The van der Waals surface area contributed by atoms with E-state index in [0.29, 0.717) is 18.0 Å². The van der Waals surface area contributed by atoms with Crippen molar-refractivity contribution in [2.45, 2.75) is 39.0 Å². The van der Waals surface area contributed by atoms with Gasteiger partial charge in [0.15, 0.2) is 0 Å². The maximum absolute atomic E-state index is 11.8. The van der Waals surface area contributed by atoms with Gasteiger partial charge in [-0.05, 0) is 43.4 Å². The smallest absolute Gasteiger partial charge is 0.224 e. The molecule has 3 nitrogen and oxygen atoms in total. The first-order valence-corrected chi connectivity index (χ1v) is 6.24. The maximum atomic E-state index is 11.8. The summed E-state index contributed by atoms with van der Waals surface area (Å²) in [5, 5.41) is 12.5. The Kier molecular flexibility index (Phi) is 3.67. The first kappa shape index (κ1) is 12.0. The van der Waals surface area contributed by atoms with E-state index in [1.165, 1.54) is 12.8 Å². The van der Waals surface area contributed by atoms with E-state index in [4.69, 9.17) is 0 Å². The van der Waals surface area contributed by atoms with Crippen LogP contribution in [0.2, 0.25) is 0 Å². The summed E-state index contributed by atoms with van der Waals surface area (Å²) >= 11 is 0. The number of hydrogen-bond donors (Lipinski definition) is 2. The number of benzene rings is 1. The number of amides is 1. The summed E-state index contributed by atoms with van der Waals surface area (Å²) in [5.41, 5.74) is 1.50. The summed E-state index contributed by atoms with van der Waals surface area (Å²) in [5.74, 6) is 0.684. The first-order valence-electron chi connectivity index (χ1n) is 6.24. The van der Waals surface area contributed by atoms with E-state index in [1.54, 1.807) is 12.1 Å². The van der Waals surface area contributed by atoms with Crippen LogP contribution < -0.4 is 5.32 Å². The molecule has 0 heterocycles. The molecular weight excluding hydrogens is 214 g/mol. The monoisotopic (exact) mass is 233 g/mol. The SMILES string of the molecule is Cc1ccc(NC(=O)CC2CCCC2)c(O)c1. The van der Waals surface area contributed by atoms with Crippen LogP contribution in [-0.2, 0) is 4.79 Å². The van der Waals surface area contributed by atoms with Gasteiger partial charge in [-0.25, -0.2) is 0 Å². The van der Waals surface area contributed by atoms with Gasteiger partial charge in [0.2, 0.25) is 5.91 Å². The van der Waals surface area contributed by atoms with E-state index in [0.717, 1.165) is 18.4 Å². The van der Waals surface area contributed by atoms with Crippen LogP contribution in [-0.4, -0.2) is 11.0 Å². The number of phenolic OH excluding ortho intramolecular Hbond substituents is 1. The van der Waals surface area contributed by atoms with E-state index in [-0.39, 0.29) is 11.7 Å². The highest BCUT2D eigenvalue weighted by Gasteiger charge is 2.18. The predicted molar refractivity (Wildman–Crippen MR) is 68.0 cm³/mol. The Hall–Kier alpha value is -1.51. The Bertz CT molecular complexity index is 409. The van der Waals surface area contributed by atoms with Crippen LogP contribution in [0.4, 0.5) is 5.69 Å². The fraction of sp³-hybridized carbons (Fsp3) is 0.500. The largest absolute Gasteiger partial charge is 0.506 e. The lowest BCUT2D eigenvalue weighted by atomic mass is 10.0. The lowest BCUT2D eigenvalue weighted by Crippen LogP contribution is -2.15. The van der Waals surface area contributed by atoms with Gasteiger partial charge in [0.25, 0.3) is 0 Å². The molecule has 0 unspecified atom stereocenters. The van der Waals surface area contributed by atoms with Gasteiger partial charge in [-0.2, -0.15) is 0 Å². The molecule has 0 saturated heterocycles. The average molecular weight is 233 g/mol. The van der Waals surface area contributed by atoms with Gasteiger partial charge in [-0.3, -0.25) is 4.79 Å². The number of anilines is 1. The lowest BCUT2D eigenvalue weighted by Gasteiger charge is -2.11. The van der Waals surface area contributed by atoms with Crippen molar-refractivity contribution < 1.29 is 9.90 Å². The zero-order valence-corrected chi connectivity index (χ0v) is 10.2. The second-order valence-corrected chi connectivity index (χ2v) is 4.92. The van der Waals surface area contributed by atoms with E-state index in [1.807, 2.05) is 13.0 Å².